The van der Waals surface area contributed by atoms with Crippen molar-refractivity contribution in [1.29, 1.82) is 0 Å². The largest absolute Gasteiger partial charge is 0.496 e. The molecule has 29 heavy (non-hydrogen) atoms. The Morgan fingerprint density at radius 3 is 2.66 bits per heavy atom. The van der Waals surface area contributed by atoms with E-state index < -0.39 is 0 Å². The van der Waals surface area contributed by atoms with Crippen LogP contribution in [0.3, 0.4) is 0 Å². The molecular formula is C22H27IN4OS. The van der Waals surface area contributed by atoms with Crippen LogP contribution in [0.2, 0.25) is 0 Å². The van der Waals surface area contributed by atoms with Gasteiger partial charge in [-0.2, -0.15) is 0 Å². The Bertz CT molecular complexity index is 928. The number of aliphatic imine (C=N–C) groups is 1. The second-order valence-corrected chi connectivity index (χ2v) is 7.29. The van der Waals surface area contributed by atoms with E-state index in [1.54, 1.807) is 25.5 Å². The summed E-state index contributed by atoms with van der Waals surface area (Å²) < 4.78 is 5.45. The first-order valence-electron chi connectivity index (χ1n) is 9.27. The minimum Gasteiger partial charge on any atom is -0.496 e. The Hall–Kier alpha value is -2.13. The highest BCUT2D eigenvalue weighted by atomic mass is 127. The van der Waals surface area contributed by atoms with E-state index >= 15 is 0 Å². The Kier molecular flexibility index (Phi) is 9.40. The van der Waals surface area contributed by atoms with E-state index in [1.807, 2.05) is 24.3 Å². The second kappa shape index (κ2) is 11.8. The van der Waals surface area contributed by atoms with Gasteiger partial charge in [0.25, 0.3) is 0 Å². The molecular weight excluding hydrogens is 495 g/mol. The molecule has 5 nitrogen and oxygen atoms in total. The van der Waals surface area contributed by atoms with E-state index in [-0.39, 0.29) is 24.0 Å². The molecule has 0 amide bonds. The number of halogens is 1. The first-order valence-corrected chi connectivity index (χ1v) is 10.2. The molecule has 3 rings (SSSR count). The quantitative estimate of drug-likeness (QED) is 0.270. The molecule has 0 fully saturated rings. The molecule has 0 saturated heterocycles. The molecule has 1 heterocycles. The second-order valence-electron chi connectivity index (χ2n) is 6.43. The van der Waals surface area contributed by atoms with E-state index in [9.17, 15) is 0 Å². The number of benzene rings is 2. The third-order valence-electron chi connectivity index (χ3n) is 4.36. The summed E-state index contributed by atoms with van der Waals surface area (Å²) in [7, 11) is 3.48. The van der Waals surface area contributed by atoms with Crippen molar-refractivity contribution in [2.24, 2.45) is 4.99 Å². The number of nitrogens with zero attached hydrogens (tertiary/aromatic N) is 2. The minimum absolute atomic E-state index is 0. The molecule has 2 aromatic carbocycles. The van der Waals surface area contributed by atoms with E-state index in [4.69, 9.17) is 9.72 Å². The molecule has 0 spiro atoms. The third-order valence-corrected chi connectivity index (χ3v) is 5.30. The average molecular weight is 522 g/mol. The lowest BCUT2D eigenvalue weighted by atomic mass is 10.1. The number of nitrogens with one attached hydrogen (secondary N) is 2. The van der Waals surface area contributed by atoms with Gasteiger partial charge in [-0.1, -0.05) is 48.0 Å². The van der Waals surface area contributed by atoms with Crippen LogP contribution in [-0.4, -0.2) is 31.6 Å². The molecule has 7 heteroatoms. The van der Waals surface area contributed by atoms with Gasteiger partial charge < -0.3 is 15.4 Å². The summed E-state index contributed by atoms with van der Waals surface area (Å²) in [6.45, 7) is 3.50. The van der Waals surface area contributed by atoms with Crippen molar-refractivity contribution in [3.05, 3.63) is 70.7 Å². The van der Waals surface area contributed by atoms with Gasteiger partial charge in [-0.3, -0.25) is 4.99 Å². The van der Waals surface area contributed by atoms with Crippen LogP contribution in [0.15, 0.2) is 58.9 Å². The third kappa shape index (κ3) is 6.71. The van der Waals surface area contributed by atoms with Gasteiger partial charge in [0.15, 0.2) is 5.96 Å². The van der Waals surface area contributed by atoms with Crippen LogP contribution >= 0.6 is 35.3 Å². The molecule has 0 saturated carbocycles. The predicted octanol–water partition coefficient (Wildman–Crippen LogP) is 4.65. The number of hydrogen-bond acceptors (Lipinski definition) is 4. The fraction of sp³-hybridized carbons (Fsp3) is 0.273. The number of aromatic nitrogens is 1. The summed E-state index contributed by atoms with van der Waals surface area (Å²) in [4.78, 5) is 9.00. The Morgan fingerprint density at radius 1 is 1.14 bits per heavy atom. The topological polar surface area (TPSA) is 58.5 Å². The summed E-state index contributed by atoms with van der Waals surface area (Å²) in [5.41, 5.74) is 4.58. The van der Waals surface area contributed by atoms with Gasteiger partial charge in [-0.15, -0.1) is 35.3 Å². The summed E-state index contributed by atoms with van der Waals surface area (Å²) in [5.74, 6) is 1.69. The molecule has 1 aromatic heterocycles. The van der Waals surface area contributed by atoms with Gasteiger partial charge in [-0.05, 0) is 25.0 Å². The SMILES string of the molecule is CN=C(NCCc1cc(C)ccc1OC)NCc1csc(-c2ccccc2)n1.I. The summed E-state index contributed by atoms with van der Waals surface area (Å²) in [6, 6.07) is 16.5. The Balaban J connectivity index is 0.00000300. The number of methoxy groups -OCH3 is 1. The highest BCUT2D eigenvalue weighted by Crippen LogP contribution is 2.23. The molecule has 2 N–H and O–H groups in total. The molecule has 0 bridgehead atoms. The van der Waals surface area contributed by atoms with Crippen LogP contribution in [0.25, 0.3) is 10.6 Å². The number of guanidine groups is 1. The number of hydrogen-bond donors (Lipinski definition) is 2. The Morgan fingerprint density at radius 2 is 1.93 bits per heavy atom. The maximum Gasteiger partial charge on any atom is 0.191 e. The molecule has 0 radical (unpaired) electrons. The Labute approximate surface area is 193 Å². The fourth-order valence-corrected chi connectivity index (χ4v) is 3.74. The van der Waals surface area contributed by atoms with Crippen LogP contribution in [0, 0.1) is 6.92 Å². The molecule has 3 aromatic rings. The maximum atomic E-state index is 5.45. The van der Waals surface area contributed by atoms with Crippen molar-refractivity contribution >= 4 is 41.3 Å². The van der Waals surface area contributed by atoms with Crippen molar-refractivity contribution in [3.8, 4) is 16.3 Å². The smallest absolute Gasteiger partial charge is 0.191 e. The van der Waals surface area contributed by atoms with Crippen LogP contribution < -0.4 is 15.4 Å². The van der Waals surface area contributed by atoms with Gasteiger partial charge in [0, 0.05) is 24.5 Å². The van der Waals surface area contributed by atoms with Crippen molar-refractivity contribution in [3.63, 3.8) is 0 Å². The van der Waals surface area contributed by atoms with E-state index in [0.717, 1.165) is 40.9 Å². The molecule has 0 atom stereocenters. The zero-order chi connectivity index (χ0) is 19.8. The van der Waals surface area contributed by atoms with E-state index in [0.29, 0.717) is 6.54 Å². The van der Waals surface area contributed by atoms with Crippen molar-refractivity contribution < 1.29 is 4.74 Å². The number of rotatable bonds is 7. The molecule has 154 valence electrons. The van der Waals surface area contributed by atoms with Gasteiger partial charge in [-0.25, -0.2) is 4.98 Å². The first-order chi connectivity index (χ1) is 13.7. The van der Waals surface area contributed by atoms with Crippen molar-refractivity contribution in [1.82, 2.24) is 15.6 Å². The number of ether oxygens (including phenoxy) is 1. The molecule has 0 aliphatic carbocycles. The van der Waals surface area contributed by atoms with Crippen molar-refractivity contribution in [2.45, 2.75) is 19.9 Å². The van der Waals surface area contributed by atoms with Crippen LogP contribution in [0.1, 0.15) is 16.8 Å². The number of aryl methyl sites for hydroxylation is 1. The highest BCUT2D eigenvalue weighted by molar-refractivity contribution is 14.0. The van der Waals surface area contributed by atoms with E-state index in [1.165, 1.54) is 11.1 Å². The monoisotopic (exact) mass is 522 g/mol. The average Bonchev–Trinajstić information content (AvgIpc) is 3.20. The predicted molar refractivity (Wildman–Crippen MR) is 133 cm³/mol. The first kappa shape index (κ1) is 23.2. The highest BCUT2D eigenvalue weighted by Gasteiger charge is 2.07. The fourth-order valence-electron chi connectivity index (χ4n) is 2.91. The van der Waals surface area contributed by atoms with Crippen LogP contribution in [0.4, 0.5) is 0 Å². The minimum atomic E-state index is 0. The lowest BCUT2D eigenvalue weighted by Gasteiger charge is -2.13. The molecule has 0 aliphatic rings. The maximum absolute atomic E-state index is 5.45. The van der Waals surface area contributed by atoms with E-state index in [2.05, 4.69) is 52.2 Å². The van der Waals surface area contributed by atoms with Gasteiger partial charge in [0.2, 0.25) is 0 Å². The zero-order valence-corrected chi connectivity index (χ0v) is 20.1. The molecule has 0 aliphatic heterocycles. The number of thiazole rings is 1. The summed E-state index contributed by atoms with van der Waals surface area (Å²) >= 11 is 1.66. The standard InChI is InChI=1S/C22H26N4OS.HI/c1-16-9-10-20(27-3)18(13-16)11-12-24-22(23-2)25-14-19-15-28-21(26-19)17-7-5-4-6-8-17;/h4-10,13,15H,11-12,14H2,1-3H3,(H2,23,24,25);1H. The summed E-state index contributed by atoms with van der Waals surface area (Å²) in [5, 5.41) is 9.80. The normalized spacial score (nSPS) is 10.9. The van der Waals surface area contributed by atoms with Gasteiger partial charge in [0.05, 0.1) is 19.3 Å². The lowest BCUT2D eigenvalue weighted by Crippen LogP contribution is -2.37. The molecule has 0 unspecified atom stereocenters. The van der Waals surface area contributed by atoms with Crippen LogP contribution in [0.5, 0.6) is 5.75 Å². The van der Waals surface area contributed by atoms with Gasteiger partial charge >= 0.3 is 0 Å². The summed E-state index contributed by atoms with van der Waals surface area (Å²) in [6.07, 6.45) is 0.862. The van der Waals surface area contributed by atoms with Crippen molar-refractivity contribution in [2.75, 3.05) is 20.7 Å². The zero-order valence-electron chi connectivity index (χ0n) is 16.9. The van der Waals surface area contributed by atoms with Gasteiger partial charge in [0.1, 0.15) is 10.8 Å². The lowest BCUT2D eigenvalue weighted by molar-refractivity contribution is 0.409. The van der Waals surface area contributed by atoms with Crippen LogP contribution in [-0.2, 0) is 13.0 Å².